The number of aryl methyl sites for hydroxylation is 2. The second kappa shape index (κ2) is 9.37. The number of anilines is 1. The van der Waals surface area contributed by atoms with Crippen LogP contribution in [0.2, 0.25) is 0 Å². The van der Waals surface area contributed by atoms with Crippen molar-refractivity contribution in [3.05, 3.63) is 59.2 Å². The standard InChI is InChI=1S/C21H27N3O5S2/c1-16-7-8-17(2)20(15-16)31(28,29)23-11-9-21(25)22-12-14-30(26,27)24-13-10-18-5-3-4-6-19(18)24/h3-8,15,23H,9-14H2,1-2H3,(H,22,25). The van der Waals surface area contributed by atoms with Crippen molar-refractivity contribution in [2.75, 3.05) is 29.7 Å². The Morgan fingerprint density at radius 3 is 2.55 bits per heavy atom. The van der Waals surface area contributed by atoms with E-state index in [-0.39, 0.29) is 30.2 Å². The second-order valence-corrected chi connectivity index (χ2v) is 11.3. The molecular formula is C21H27N3O5S2. The molecule has 0 atom stereocenters. The highest BCUT2D eigenvalue weighted by molar-refractivity contribution is 7.92. The summed E-state index contributed by atoms with van der Waals surface area (Å²) in [5.41, 5.74) is 3.13. The lowest BCUT2D eigenvalue weighted by molar-refractivity contribution is -0.120. The van der Waals surface area contributed by atoms with Crippen molar-refractivity contribution in [1.82, 2.24) is 10.0 Å². The molecule has 10 heteroatoms. The molecule has 0 aromatic heterocycles. The number of fused-ring (bicyclic) bond motifs is 1. The average Bonchev–Trinajstić information content (AvgIpc) is 3.14. The number of hydrogen-bond acceptors (Lipinski definition) is 5. The van der Waals surface area contributed by atoms with Crippen molar-refractivity contribution in [1.29, 1.82) is 0 Å². The molecule has 0 saturated carbocycles. The van der Waals surface area contributed by atoms with Gasteiger partial charge in [-0.15, -0.1) is 0 Å². The minimum absolute atomic E-state index is 0.0381. The van der Waals surface area contributed by atoms with Gasteiger partial charge in [-0.3, -0.25) is 9.10 Å². The van der Waals surface area contributed by atoms with E-state index in [0.717, 1.165) is 11.1 Å². The number of hydrogen-bond donors (Lipinski definition) is 2. The first-order valence-corrected chi connectivity index (χ1v) is 13.1. The molecule has 0 aliphatic carbocycles. The van der Waals surface area contributed by atoms with Crippen molar-refractivity contribution in [2.45, 2.75) is 31.6 Å². The third kappa shape index (κ3) is 5.63. The van der Waals surface area contributed by atoms with Gasteiger partial charge in [0.15, 0.2) is 0 Å². The number of benzene rings is 2. The van der Waals surface area contributed by atoms with Crippen molar-refractivity contribution in [3.8, 4) is 0 Å². The smallest absolute Gasteiger partial charge is 0.240 e. The zero-order chi connectivity index (χ0) is 22.6. The van der Waals surface area contributed by atoms with E-state index in [1.54, 1.807) is 38.1 Å². The molecule has 0 fully saturated rings. The van der Waals surface area contributed by atoms with Gasteiger partial charge in [-0.1, -0.05) is 30.3 Å². The quantitative estimate of drug-likeness (QED) is 0.583. The molecule has 0 unspecified atom stereocenters. The van der Waals surface area contributed by atoms with E-state index in [2.05, 4.69) is 10.0 Å². The zero-order valence-electron chi connectivity index (χ0n) is 17.6. The molecule has 1 aliphatic rings. The number of nitrogens with one attached hydrogen (secondary N) is 2. The van der Waals surface area contributed by atoms with Gasteiger partial charge in [-0.2, -0.15) is 0 Å². The van der Waals surface area contributed by atoms with Gasteiger partial charge in [0.2, 0.25) is 26.0 Å². The third-order valence-corrected chi connectivity index (χ3v) is 8.51. The van der Waals surface area contributed by atoms with Gasteiger partial charge in [-0.05, 0) is 49.1 Å². The summed E-state index contributed by atoms with van der Waals surface area (Å²) in [6.45, 7) is 3.80. The fraction of sp³-hybridized carbons (Fsp3) is 0.381. The molecule has 1 amide bonds. The molecule has 2 N–H and O–H groups in total. The molecule has 0 spiro atoms. The molecule has 8 nitrogen and oxygen atoms in total. The minimum atomic E-state index is -3.72. The van der Waals surface area contributed by atoms with Crippen molar-refractivity contribution in [3.63, 3.8) is 0 Å². The van der Waals surface area contributed by atoms with Gasteiger partial charge in [-0.25, -0.2) is 21.6 Å². The van der Waals surface area contributed by atoms with E-state index < -0.39 is 26.0 Å². The summed E-state index contributed by atoms with van der Waals surface area (Å²) in [7, 11) is -7.28. The van der Waals surface area contributed by atoms with Gasteiger partial charge < -0.3 is 5.32 Å². The normalized spacial score (nSPS) is 13.8. The monoisotopic (exact) mass is 465 g/mol. The van der Waals surface area contributed by atoms with Crippen LogP contribution in [0.25, 0.3) is 0 Å². The van der Waals surface area contributed by atoms with E-state index in [1.807, 2.05) is 18.2 Å². The highest BCUT2D eigenvalue weighted by Crippen LogP contribution is 2.29. The van der Waals surface area contributed by atoms with Crippen molar-refractivity contribution in [2.24, 2.45) is 0 Å². The number of para-hydroxylation sites is 1. The summed E-state index contributed by atoms with van der Waals surface area (Å²) >= 11 is 0. The Kier molecular flexibility index (Phi) is 7.03. The van der Waals surface area contributed by atoms with Crippen LogP contribution in [0.15, 0.2) is 47.4 Å². The van der Waals surface area contributed by atoms with E-state index in [1.165, 1.54) is 4.31 Å². The predicted molar refractivity (Wildman–Crippen MR) is 120 cm³/mol. The number of rotatable bonds is 9. The summed E-state index contributed by atoms with van der Waals surface area (Å²) in [5, 5.41) is 2.55. The van der Waals surface area contributed by atoms with Crippen LogP contribution >= 0.6 is 0 Å². The third-order valence-electron chi connectivity index (χ3n) is 5.14. The van der Waals surface area contributed by atoms with Gasteiger partial charge in [0.05, 0.1) is 16.3 Å². The Morgan fingerprint density at radius 2 is 1.77 bits per heavy atom. The van der Waals surface area contributed by atoms with Crippen LogP contribution in [-0.2, 0) is 31.3 Å². The SMILES string of the molecule is Cc1ccc(C)c(S(=O)(=O)NCCC(=O)NCCS(=O)(=O)N2CCc3ccccc32)c1. The van der Waals surface area contributed by atoms with Gasteiger partial charge in [0.25, 0.3) is 0 Å². The van der Waals surface area contributed by atoms with E-state index >= 15 is 0 Å². The molecule has 3 rings (SSSR count). The molecule has 1 aliphatic heterocycles. The summed E-state index contributed by atoms with van der Waals surface area (Å²) in [4.78, 5) is 12.2. The highest BCUT2D eigenvalue weighted by Gasteiger charge is 2.28. The highest BCUT2D eigenvalue weighted by atomic mass is 32.2. The minimum Gasteiger partial charge on any atom is -0.355 e. The van der Waals surface area contributed by atoms with Crippen molar-refractivity contribution >= 4 is 31.6 Å². The Labute approximate surface area is 183 Å². The fourth-order valence-corrected chi connectivity index (χ4v) is 6.28. The number of sulfonamides is 2. The average molecular weight is 466 g/mol. The molecule has 0 saturated heterocycles. The number of amides is 1. The molecule has 0 radical (unpaired) electrons. The first-order chi connectivity index (χ1) is 14.6. The molecule has 1 heterocycles. The van der Waals surface area contributed by atoms with Crippen LogP contribution in [0.1, 0.15) is 23.1 Å². The van der Waals surface area contributed by atoms with E-state index in [4.69, 9.17) is 0 Å². The van der Waals surface area contributed by atoms with Gasteiger partial charge in [0, 0.05) is 26.1 Å². The van der Waals surface area contributed by atoms with E-state index in [0.29, 0.717) is 24.2 Å². The van der Waals surface area contributed by atoms with Gasteiger partial charge >= 0.3 is 0 Å². The first-order valence-electron chi connectivity index (χ1n) is 10.0. The van der Waals surface area contributed by atoms with Crippen molar-refractivity contribution < 1.29 is 21.6 Å². The summed E-state index contributed by atoms with van der Waals surface area (Å²) in [6.07, 6.45) is 0.582. The van der Waals surface area contributed by atoms with Crippen LogP contribution in [0.3, 0.4) is 0 Å². The predicted octanol–water partition coefficient (Wildman–Crippen LogP) is 1.48. The Balaban J connectivity index is 1.46. The molecular weight excluding hydrogens is 438 g/mol. The van der Waals surface area contributed by atoms with Crippen LogP contribution in [0.5, 0.6) is 0 Å². The maximum absolute atomic E-state index is 12.6. The fourth-order valence-electron chi connectivity index (χ4n) is 3.49. The summed E-state index contributed by atoms with van der Waals surface area (Å²) < 4.78 is 54.0. The van der Waals surface area contributed by atoms with E-state index in [9.17, 15) is 21.6 Å². The second-order valence-electron chi connectivity index (χ2n) is 7.53. The first kappa shape index (κ1) is 23.2. The van der Waals surface area contributed by atoms with Crippen LogP contribution in [0, 0.1) is 13.8 Å². The van der Waals surface area contributed by atoms with Crippen LogP contribution in [0.4, 0.5) is 5.69 Å². The number of nitrogens with zero attached hydrogens (tertiary/aromatic N) is 1. The lowest BCUT2D eigenvalue weighted by Crippen LogP contribution is -2.37. The largest absolute Gasteiger partial charge is 0.355 e. The topological polar surface area (TPSA) is 113 Å². The molecule has 0 bridgehead atoms. The molecule has 2 aromatic carbocycles. The Hall–Kier alpha value is -2.43. The number of carbonyl (C=O) groups excluding carboxylic acids is 1. The summed E-state index contributed by atoms with van der Waals surface area (Å²) in [6, 6.07) is 12.5. The molecule has 2 aromatic rings. The van der Waals surface area contributed by atoms with Gasteiger partial charge in [0.1, 0.15) is 0 Å². The van der Waals surface area contributed by atoms with Crippen LogP contribution < -0.4 is 14.3 Å². The lowest BCUT2D eigenvalue weighted by atomic mass is 10.2. The number of carbonyl (C=O) groups is 1. The Bertz CT molecular complexity index is 1180. The zero-order valence-corrected chi connectivity index (χ0v) is 19.2. The maximum Gasteiger partial charge on any atom is 0.240 e. The lowest BCUT2D eigenvalue weighted by Gasteiger charge is -2.19. The van der Waals surface area contributed by atoms with Crippen LogP contribution in [-0.4, -0.2) is 48.1 Å². The Morgan fingerprint density at radius 1 is 1.03 bits per heavy atom. The molecule has 31 heavy (non-hydrogen) atoms. The summed E-state index contributed by atoms with van der Waals surface area (Å²) in [5.74, 6) is -0.637. The molecule has 168 valence electrons. The maximum atomic E-state index is 12.6.